The number of nitrogen functional groups attached to an aromatic ring is 1. The van der Waals surface area contributed by atoms with Crippen molar-refractivity contribution in [1.29, 1.82) is 0 Å². The van der Waals surface area contributed by atoms with Crippen molar-refractivity contribution >= 4 is 27.3 Å². The van der Waals surface area contributed by atoms with Crippen LogP contribution in [0, 0.1) is 0 Å². The number of halogens is 1. The number of anilines is 2. The van der Waals surface area contributed by atoms with Gasteiger partial charge in [-0.1, -0.05) is 15.9 Å². The fourth-order valence-electron chi connectivity index (χ4n) is 1.04. The van der Waals surface area contributed by atoms with Crippen LogP contribution in [0.4, 0.5) is 11.4 Å². The van der Waals surface area contributed by atoms with E-state index in [0.29, 0.717) is 0 Å². The third-order valence-electron chi connectivity index (χ3n) is 1.88. The first-order chi connectivity index (χ1) is 5.65. The molecule has 0 fully saturated rings. The van der Waals surface area contributed by atoms with E-state index in [1.165, 1.54) is 0 Å². The van der Waals surface area contributed by atoms with Crippen LogP contribution >= 0.6 is 15.9 Å². The van der Waals surface area contributed by atoms with Crippen LogP contribution < -0.4 is 10.6 Å². The van der Waals surface area contributed by atoms with E-state index in [4.69, 9.17) is 5.73 Å². The van der Waals surface area contributed by atoms with Gasteiger partial charge < -0.3 is 10.6 Å². The van der Waals surface area contributed by atoms with E-state index in [9.17, 15) is 0 Å². The average molecular weight is 229 g/mol. The lowest BCUT2D eigenvalue weighted by Gasteiger charge is -2.18. The highest BCUT2D eigenvalue weighted by atomic mass is 79.9. The number of rotatable bonds is 2. The molecule has 0 atom stereocenters. The van der Waals surface area contributed by atoms with Gasteiger partial charge in [-0.2, -0.15) is 0 Å². The van der Waals surface area contributed by atoms with Gasteiger partial charge in [0.1, 0.15) is 0 Å². The van der Waals surface area contributed by atoms with E-state index in [2.05, 4.69) is 27.8 Å². The summed E-state index contributed by atoms with van der Waals surface area (Å²) in [4.78, 5) is 2.11. The Kier molecular flexibility index (Phi) is 2.98. The predicted molar refractivity (Wildman–Crippen MR) is 57.5 cm³/mol. The Labute approximate surface area is 81.5 Å². The fourth-order valence-corrected chi connectivity index (χ4v) is 1.42. The molecule has 2 N–H and O–H groups in total. The molecule has 1 rings (SSSR count). The minimum Gasteiger partial charge on any atom is -0.397 e. The molecule has 0 aromatic heterocycles. The molecular weight excluding hydrogens is 216 g/mol. The van der Waals surface area contributed by atoms with E-state index >= 15 is 0 Å². The summed E-state index contributed by atoms with van der Waals surface area (Å²) >= 11 is 3.37. The van der Waals surface area contributed by atoms with Crippen LogP contribution in [-0.2, 0) is 0 Å². The molecule has 0 heterocycles. The Balaban J connectivity index is 3.01. The zero-order valence-corrected chi connectivity index (χ0v) is 8.93. The van der Waals surface area contributed by atoms with Crippen LogP contribution in [0.1, 0.15) is 6.92 Å². The van der Waals surface area contributed by atoms with Crippen molar-refractivity contribution in [2.75, 3.05) is 24.2 Å². The first-order valence-corrected chi connectivity index (χ1v) is 4.70. The highest BCUT2D eigenvalue weighted by molar-refractivity contribution is 9.10. The summed E-state index contributed by atoms with van der Waals surface area (Å²) in [5.41, 5.74) is 7.72. The Morgan fingerprint density at radius 3 is 2.67 bits per heavy atom. The third-order valence-corrected chi connectivity index (χ3v) is 2.37. The first-order valence-electron chi connectivity index (χ1n) is 3.91. The highest BCUT2D eigenvalue weighted by Gasteiger charge is 2.02. The largest absolute Gasteiger partial charge is 0.397 e. The lowest BCUT2D eigenvalue weighted by Crippen LogP contribution is -2.17. The van der Waals surface area contributed by atoms with Gasteiger partial charge in [-0.15, -0.1) is 0 Å². The normalized spacial score (nSPS) is 9.92. The van der Waals surface area contributed by atoms with Gasteiger partial charge in [0.2, 0.25) is 0 Å². The van der Waals surface area contributed by atoms with E-state index in [-0.39, 0.29) is 0 Å². The van der Waals surface area contributed by atoms with Gasteiger partial charge in [0.05, 0.1) is 11.4 Å². The van der Waals surface area contributed by atoms with Gasteiger partial charge in [-0.05, 0) is 25.1 Å². The molecule has 0 saturated heterocycles. The minimum atomic E-state index is 0.814. The maximum Gasteiger partial charge on any atom is 0.0598 e. The molecule has 1 aromatic rings. The standard InChI is InChI=1S/C9H13BrN2/c1-3-12(2)9-5-4-7(10)6-8(9)11/h4-6H,3,11H2,1-2H3. The average Bonchev–Trinajstić information content (AvgIpc) is 2.03. The first kappa shape index (κ1) is 9.39. The van der Waals surface area contributed by atoms with Crippen molar-refractivity contribution in [2.24, 2.45) is 0 Å². The molecule has 0 spiro atoms. The number of benzene rings is 1. The molecule has 0 saturated carbocycles. The Bertz CT molecular complexity index is 273. The van der Waals surface area contributed by atoms with Gasteiger partial charge in [0.15, 0.2) is 0 Å². The lowest BCUT2D eigenvalue weighted by atomic mass is 10.2. The zero-order valence-electron chi connectivity index (χ0n) is 7.34. The van der Waals surface area contributed by atoms with Gasteiger partial charge >= 0.3 is 0 Å². The molecule has 0 aliphatic carbocycles. The van der Waals surface area contributed by atoms with Crippen LogP contribution in [0.25, 0.3) is 0 Å². The van der Waals surface area contributed by atoms with E-state index in [1.807, 2.05) is 25.2 Å². The van der Waals surface area contributed by atoms with Gasteiger partial charge in [-0.3, -0.25) is 0 Å². The molecule has 12 heavy (non-hydrogen) atoms. The molecule has 2 nitrogen and oxygen atoms in total. The molecule has 1 aromatic carbocycles. The lowest BCUT2D eigenvalue weighted by molar-refractivity contribution is 0.970. The second-order valence-electron chi connectivity index (χ2n) is 2.72. The maximum atomic E-state index is 5.83. The molecule has 0 amide bonds. The van der Waals surface area contributed by atoms with Crippen LogP contribution in [-0.4, -0.2) is 13.6 Å². The highest BCUT2D eigenvalue weighted by Crippen LogP contribution is 2.25. The summed E-state index contributed by atoms with van der Waals surface area (Å²) in [5, 5.41) is 0. The van der Waals surface area contributed by atoms with Crippen LogP contribution in [0.5, 0.6) is 0 Å². The van der Waals surface area contributed by atoms with Gasteiger partial charge in [0, 0.05) is 18.1 Å². The zero-order chi connectivity index (χ0) is 9.14. The third kappa shape index (κ3) is 1.91. The SMILES string of the molecule is CCN(C)c1ccc(Br)cc1N. The Hall–Kier alpha value is -0.700. The number of nitrogens with two attached hydrogens (primary N) is 1. The second kappa shape index (κ2) is 3.81. The van der Waals surface area contributed by atoms with Crippen molar-refractivity contribution in [1.82, 2.24) is 0 Å². The van der Waals surface area contributed by atoms with Crippen LogP contribution in [0.3, 0.4) is 0 Å². The molecule has 66 valence electrons. The number of nitrogens with zero attached hydrogens (tertiary/aromatic N) is 1. The summed E-state index contributed by atoms with van der Waals surface area (Å²) in [6.45, 7) is 3.06. The van der Waals surface area contributed by atoms with Crippen LogP contribution in [0.2, 0.25) is 0 Å². The van der Waals surface area contributed by atoms with E-state index < -0.39 is 0 Å². The molecule has 0 bridgehead atoms. The molecular formula is C9H13BrN2. The molecule has 0 radical (unpaired) electrons. The van der Waals surface area contributed by atoms with Crippen molar-refractivity contribution in [3.8, 4) is 0 Å². The maximum absolute atomic E-state index is 5.83. The summed E-state index contributed by atoms with van der Waals surface area (Å²) in [5.74, 6) is 0. The number of hydrogen-bond donors (Lipinski definition) is 1. The fraction of sp³-hybridized carbons (Fsp3) is 0.333. The summed E-state index contributed by atoms with van der Waals surface area (Å²) in [6, 6.07) is 5.93. The van der Waals surface area contributed by atoms with E-state index in [1.54, 1.807) is 0 Å². The van der Waals surface area contributed by atoms with E-state index in [0.717, 1.165) is 22.4 Å². The monoisotopic (exact) mass is 228 g/mol. The van der Waals surface area contributed by atoms with Crippen molar-refractivity contribution in [2.45, 2.75) is 6.92 Å². The molecule has 3 heteroatoms. The Morgan fingerprint density at radius 1 is 1.50 bits per heavy atom. The molecule has 0 aliphatic rings. The predicted octanol–water partition coefficient (Wildman–Crippen LogP) is 2.49. The Morgan fingerprint density at radius 2 is 2.17 bits per heavy atom. The molecule has 0 aliphatic heterocycles. The smallest absolute Gasteiger partial charge is 0.0598 e. The number of hydrogen-bond acceptors (Lipinski definition) is 2. The minimum absolute atomic E-state index is 0.814. The van der Waals surface area contributed by atoms with Gasteiger partial charge in [-0.25, -0.2) is 0 Å². The topological polar surface area (TPSA) is 29.3 Å². The van der Waals surface area contributed by atoms with Crippen molar-refractivity contribution < 1.29 is 0 Å². The van der Waals surface area contributed by atoms with Crippen molar-refractivity contribution in [3.63, 3.8) is 0 Å². The van der Waals surface area contributed by atoms with Crippen LogP contribution in [0.15, 0.2) is 22.7 Å². The van der Waals surface area contributed by atoms with Crippen molar-refractivity contribution in [3.05, 3.63) is 22.7 Å². The van der Waals surface area contributed by atoms with Gasteiger partial charge in [0.25, 0.3) is 0 Å². The molecule has 0 unspecified atom stereocenters. The summed E-state index contributed by atoms with van der Waals surface area (Å²) < 4.78 is 1.02. The summed E-state index contributed by atoms with van der Waals surface area (Å²) in [7, 11) is 2.03. The summed E-state index contributed by atoms with van der Waals surface area (Å²) in [6.07, 6.45) is 0. The quantitative estimate of drug-likeness (QED) is 0.789. The second-order valence-corrected chi connectivity index (χ2v) is 3.63.